The van der Waals surface area contributed by atoms with Crippen molar-refractivity contribution in [3.63, 3.8) is 0 Å². The van der Waals surface area contributed by atoms with Gasteiger partial charge < -0.3 is 10.2 Å². The summed E-state index contributed by atoms with van der Waals surface area (Å²) in [5, 5.41) is 3.64. The fourth-order valence-electron chi connectivity index (χ4n) is 3.99. The summed E-state index contributed by atoms with van der Waals surface area (Å²) in [5.41, 5.74) is 3.19. The molecule has 1 N–H and O–H groups in total. The van der Waals surface area contributed by atoms with Gasteiger partial charge >= 0.3 is 0 Å². The molecule has 1 unspecified atom stereocenters. The Bertz CT molecular complexity index is 445. The van der Waals surface area contributed by atoms with E-state index in [1.165, 1.54) is 36.8 Å². The van der Waals surface area contributed by atoms with Crippen LogP contribution < -0.4 is 5.32 Å². The summed E-state index contributed by atoms with van der Waals surface area (Å²) >= 11 is 0. The summed E-state index contributed by atoms with van der Waals surface area (Å²) in [6.07, 6.45) is 6.43. The van der Waals surface area contributed by atoms with Gasteiger partial charge in [-0.15, -0.1) is 0 Å². The van der Waals surface area contributed by atoms with Gasteiger partial charge in [-0.2, -0.15) is 0 Å². The van der Waals surface area contributed by atoms with Crippen molar-refractivity contribution in [2.75, 3.05) is 21.1 Å². The highest BCUT2D eigenvalue weighted by Gasteiger charge is 2.42. The zero-order valence-corrected chi connectivity index (χ0v) is 14.4. The van der Waals surface area contributed by atoms with Gasteiger partial charge in [0.05, 0.1) is 0 Å². The maximum absolute atomic E-state index is 3.64. The SMILES string of the molecule is CNC(Cc1ccccc1C)C1(N(C)C)CCC(C)CC1. The normalized spacial score (nSPS) is 27.8. The Balaban J connectivity index is 2.23. The molecule has 2 nitrogen and oxygen atoms in total. The summed E-state index contributed by atoms with van der Waals surface area (Å²) in [6.45, 7) is 4.63. The Kier molecular flexibility index (Phi) is 5.45. The van der Waals surface area contributed by atoms with Crippen LogP contribution in [0.15, 0.2) is 24.3 Å². The van der Waals surface area contributed by atoms with E-state index >= 15 is 0 Å². The molecule has 0 amide bonds. The number of hydrogen-bond acceptors (Lipinski definition) is 2. The summed E-state index contributed by atoms with van der Waals surface area (Å²) < 4.78 is 0. The third-order valence-electron chi connectivity index (χ3n) is 5.71. The van der Waals surface area contributed by atoms with Gasteiger partial charge in [-0.3, -0.25) is 0 Å². The second kappa shape index (κ2) is 6.93. The molecule has 0 spiro atoms. The number of rotatable bonds is 5. The third kappa shape index (κ3) is 3.49. The highest BCUT2D eigenvalue weighted by atomic mass is 15.2. The number of aryl methyl sites for hydroxylation is 1. The van der Waals surface area contributed by atoms with Gasteiger partial charge in [0.15, 0.2) is 0 Å². The average Bonchev–Trinajstić information content (AvgIpc) is 2.47. The molecule has 0 bridgehead atoms. The van der Waals surface area contributed by atoms with Gasteiger partial charge in [0.2, 0.25) is 0 Å². The topological polar surface area (TPSA) is 15.3 Å². The zero-order chi connectivity index (χ0) is 15.5. The molecule has 1 aromatic carbocycles. The first kappa shape index (κ1) is 16.5. The Morgan fingerprint density at radius 2 is 1.86 bits per heavy atom. The maximum Gasteiger partial charge on any atom is 0.0359 e. The van der Waals surface area contributed by atoms with Crippen LogP contribution in [0.2, 0.25) is 0 Å². The van der Waals surface area contributed by atoms with Gasteiger partial charge in [-0.25, -0.2) is 0 Å². The lowest BCUT2D eigenvalue weighted by Gasteiger charge is -2.50. The molecule has 0 aliphatic heterocycles. The summed E-state index contributed by atoms with van der Waals surface area (Å²) in [4.78, 5) is 2.48. The van der Waals surface area contributed by atoms with Crippen LogP contribution in [0.1, 0.15) is 43.7 Å². The molecule has 1 aliphatic carbocycles. The molecule has 1 atom stereocenters. The van der Waals surface area contributed by atoms with E-state index in [0.29, 0.717) is 11.6 Å². The van der Waals surface area contributed by atoms with E-state index in [-0.39, 0.29) is 0 Å². The molecule has 0 aromatic heterocycles. The van der Waals surface area contributed by atoms with Crippen LogP contribution in [0.3, 0.4) is 0 Å². The lowest BCUT2D eigenvalue weighted by atomic mass is 9.70. The maximum atomic E-state index is 3.64. The van der Waals surface area contributed by atoms with Crippen molar-refractivity contribution < 1.29 is 0 Å². The van der Waals surface area contributed by atoms with E-state index in [1.54, 1.807) is 0 Å². The summed E-state index contributed by atoms with van der Waals surface area (Å²) in [6, 6.07) is 9.33. The van der Waals surface area contributed by atoms with E-state index in [0.717, 1.165) is 12.3 Å². The fraction of sp³-hybridized carbons (Fsp3) is 0.684. The van der Waals surface area contributed by atoms with Gasteiger partial charge in [-0.1, -0.05) is 31.2 Å². The van der Waals surface area contributed by atoms with Crippen LogP contribution in [-0.4, -0.2) is 37.6 Å². The lowest BCUT2D eigenvalue weighted by Crippen LogP contribution is -2.60. The number of hydrogen-bond donors (Lipinski definition) is 1. The van der Waals surface area contributed by atoms with E-state index in [2.05, 4.69) is 69.5 Å². The van der Waals surface area contributed by atoms with Crippen molar-refractivity contribution in [1.29, 1.82) is 0 Å². The molecular weight excluding hydrogens is 256 g/mol. The van der Waals surface area contributed by atoms with Crippen molar-refractivity contribution in [2.45, 2.75) is 57.5 Å². The van der Waals surface area contributed by atoms with Crippen molar-refractivity contribution in [3.8, 4) is 0 Å². The van der Waals surface area contributed by atoms with E-state index in [9.17, 15) is 0 Å². The van der Waals surface area contributed by atoms with Crippen molar-refractivity contribution >= 4 is 0 Å². The zero-order valence-electron chi connectivity index (χ0n) is 14.4. The molecule has 1 aliphatic rings. The van der Waals surface area contributed by atoms with Crippen LogP contribution in [-0.2, 0) is 6.42 Å². The Labute approximate surface area is 130 Å². The molecular formula is C19H32N2. The minimum Gasteiger partial charge on any atom is -0.315 e. The summed E-state index contributed by atoms with van der Waals surface area (Å²) in [7, 11) is 6.66. The van der Waals surface area contributed by atoms with Gasteiger partial charge in [-0.05, 0) is 77.2 Å². The van der Waals surface area contributed by atoms with Gasteiger partial charge in [0.25, 0.3) is 0 Å². The standard InChI is InChI=1S/C19H32N2/c1-15-10-12-19(13-11-15,21(4)5)18(20-3)14-17-9-7-6-8-16(17)2/h6-9,15,18,20H,10-14H2,1-5H3. The van der Waals surface area contributed by atoms with Gasteiger partial charge in [0, 0.05) is 11.6 Å². The second-order valence-electron chi connectivity index (χ2n) is 7.15. The molecule has 2 heteroatoms. The molecule has 118 valence electrons. The Morgan fingerprint density at radius 3 is 2.38 bits per heavy atom. The number of benzene rings is 1. The van der Waals surface area contributed by atoms with Crippen LogP contribution in [0, 0.1) is 12.8 Å². The Morgan fingerprint density at radius 1 is 1.24 bits per heavy atom. The first-order valence-electron chi connectivity index (χ1n) is 8.39. The number of nitrogens with zero attached hydrogens (tertiary/aromatic N) is 1. The second-order valence-corrected chi connectivity index (χ2v) is 7.15. The van der Waals surface area contributed by atoms with Crippen LogP contribution >= 0.6 is 0 Å². The predicted octanol–water partition coefficient (Wildman–Crippen LogP) is 3.64. The average molecular weight is 288 g/mol. The van der Waals surface area contributed by atoms with Crippen LogP contribution in [0.4, 0.5) is 0 Å². The summed E-state index contributed by atoms with van der Waals surface area (Å²) in [5.74, 6) is 0.883. The van der Waals surface area contributed by atoms with Crippen molar-refractivity contribution in [2.24, 2.45) is 5.92 Å². The molecule has 1 saturated carbocycles. The number of likely N-dealkylation sites (N-methyl/N-ethyl adjacent to an activating group) is 2. The lowest BCUT2D eigenvalue weighted by molar-refractivity contribution is 0.0461. The van der Waals surface area contributed by atoms with E-state index in [1.807, 2.05) is 0 Å². The van der Waals surface area contributed by atoms with Crippen LogP contribution in [0.25, 0.3) is 0 Å². The van der Waals surface area contributed by atoms with E-state index < -0.39 is 0 Å². The van der Waals surface area contributed by atoms with E-state index in [4.69, 9.17) is 0 Å². The van der Waals surface area contributed by atoms with Crippen molar-refractivity contribution in [3.05, 3.63) is 35.4 Å². The van der Waals surface area contributed by atoms with Crippen LogP contribution in [0.5, 0.6) is 0 Å². The molecule has 0 heterocycles. The number of nitrogens with one attached hydrogen (secondary N) is 1. The third-order valence-corrected chi connectivity index (χ3v) is 5.71. The molecule has 2 rings (SSSR count). The fourth-order valence-corrected chi connectivity index (χ4v) is 3.99. The minimum absolute atomic E-state index is 0.295. The quantitative estimate of drug-likeness (QED) is 0.890. The first-order valence-corrected chi connectivity index (χ1v) is 8.39. The molecule has 1 aromatic rings. The van der Waals surface area contributed by atoms with Gasteiger partial charge in [0.1, 0.15) is 0 Å². The monoisotopic (exact) mass is 288 g/mol. The first-order chi connectivity index (χ1) is 9.99. The largest absolute Gasteiger partial charge is 0.315 e. The molecule has 0 radical (unpaired) electrons. The minimum atomic E-state index is 0.295. The predicted molar refractivity (Wildman–Crippen MR) is 91.8 cm³/mol. The molecule has 1 fully saturated rings. The highest BCUT2D eigenvalue weighted by molar-refractivity contribution is 5.27. The smallest absolute Gasteiger partial charge is 0.0359 e. The highest BCUT2D eigenvalue weighted by Crippen LogP contribution is 2.38. The molecule has 0 saturated heterocycles. The molecule has 21 heavy (non-hydrogen) atoms. The Hall–Kier alpha value is -0.860. The van der Waals surface area contributed by atoms with Crippen molar-refractivity contribution in [1.82, 2.24) is 10.2 Å².